The Morgan fingerprint density at radius 3 is 1.34 bits per heavy atom. The summed E-state index contributed by atoms with van der Waals surface area (Å²) in [5, 5.41) is 3.00. The van der Waals surface area contributed by atoms with Crippen molar-refractivity contribution in [2.75, 3.05) is 40.9 Å². The Labute approximate surface area is 456 Å². The molecule has 0 spiro atoms. The van der Waals surface area contributed by atoms with Gasteiger partial charge < -0.3 is 28.5 Å². The third-order valence-electron chi connectivity index (χ3n) is 12.7. The van der Waals surface area contributed by atoms with Gasteiger partial charge in [0.05, 0.1) is 33.8 Å². The number of esters is 1. The number of likely N-dealkylation sites (N-methyl/N-ethyl adjacent to an activating group) is 1. The van der Waals surface area contributed by atoms with Gasteiger partial charge in [-0.05, 0) is 109 Å². The van der Waals surface area contributed by atoms with Crippen molar-refractivity contribution < 1.29 is 37.3 Å². The zero-order valence-corrected chi connectivity index (χ0v) is 49.4. The van der Waals surface area contributed by atoms with Crippen LogP contribution in [0.25, 0.3) is 0 Å². The molecule has 0 bridgehead atoms. The molecule has 0 heterocycles. The largest absolute Gasteiger partial charge is 0.756 e. The minimum atomic E-state index is -4.71. The van der Waals surface area contributed by atoms with Crippen LogP contribution in [0, 0.1) is 0 Å². The van der Waals surface area contributed by atoms with Crippen LogP contribution in [0.1, 0.15) is 245 Å². The standard InChI is InChI=1S/C64H113N2O7P/c1-7-10-13-16-19-22-25-28-30-32-33-35-36-38-41-44-47-50-53-56-63(67)65-61(60-72-74(69,70)71-59-58-66(4,5)6)62(55-52-49-46-43-40-27-24-21-18-15-12-9-3)73-64(68)57-54-51-48-45-42-39-37-34-31-29-26-23-20-17-14-11-8-2/h10,13,19-20,22-23,28-31,33,35,38,41,52,55,61-62H,7-9,11-12,14-18,21,24-27,32,34,36-37,39-40,42-51,53-54,56-60H2,1-6H3,(H-,65,67,69,70)/b13-10-,22-19-,23-20-,30-28-,31-29-,35-33-,41-38-,55-52+. The molecule has 0 saturated carbocycles. The number of amides is 1. The summed E-state index contributed by atoms with van der Waals surface area (Å²) in [7, 11) is 1.14. The van der Waals surface area contributed by atoms with Crippen LogP contribution >= 0.6 is 7.82 Å². The lowest BCUT2D eigenvalue weighted by Gasteiger charge is -2.30. The molecule has 1 N–H and O–H groups in total. The summed E-state index contributed by atoms with van der Waals surface area (Å²) in [6, 6.07) is -0.914. The van der Waals surface area contributed by atoms with Crippen LogP contribution in [0.5, 0.6) is 0 Å². The van der Waals surface area contributed by atoms with Gasteiger partial charge in [-0.15, -0.1) is 0 Å². The first-order chi connectivity index (χ1) is 35.9. The Bertz CT molecular complexity index is 1590. The molecule has 0 aromatic rings. The Morgan fingerprint density at radius 1 is 0.486 bits per heavy atom. The van der Waals surface area contributed by atoms with Crippen LogP contribution in [-0.4, -0.2) is 69.4 Å². The minimum Gasteiger partial charge on any atom is -0.756 e. The lowest BCUT2D eigenvalue weighted by atomic mass is 10.0. The first-order valence-corrected chi connectivity index (χ1v) is 31.5. The molecule has 3 atom stereocenters. The number of carbonyl (C=O) groups excluding carboxylic acids is 2. The zero-order chi connectivity index (χ0) is 54.3. The summed E-state index contributed by atoms with van der Waals surface area (Å²) in [6.07, 6.45) is 70.8. The molecule has 0 aliphatic carbocycles. The highest BCUT2D eigenvalue weighted by molar-refractivity contribution is 7.45. The predicted molar refractivity (Wildman–Crippen MR) is 316 cm³/mol. The average Bonchev–Trinajstić information content (AvgIpc) is 3.36. The normalized spacial score (nSPS) is 14.4. The summed E-state index contributed by atoms with van der Waals surface area (Å²) in [5.41, 5.74) is 0. The van der Waals surface area contributed by atoms with Gasteiger partial charge in [0.1, 0.15) is 19.3 Å². The fourth-order valence-corrected chi connectivity index (χ4v) is 8.83. The smallest absolute Gasteiger partial charge is 0.306 e. The first-order valence-electron chi connectivity index (χ1n) is 30.0. The summed E-state index contributed by atoms with van der Waals surface area (Å²) in [6.45, 7) is 6.66. The van der Waals surface area contributed by atoms with Gasteiger partial charge in [0.2, 0.25) is 5.91 Å². The number of nitrogens with one attached hydrogen (secondary N) is 1. The number of hydrogen-bond acceptors (Lipinski definition) is 7. The lowest BCUT2D eigenvalue weighted by Crippen LogP contribution is -2.47. The van der Waals surface area contributed by atoms with Crippen LogP contribution in [0.4, 0.5) is 0 Å². The van der Waals surface area contributed by atoms with Crippen LogP contribution in [0.2, 0.25) is 0 Å². The highest BCUT2D eigenvalue weighted by Crippen LogP contribution is 2.38. The average molecular weight is 1050 g/mol. The number of phosphoric ester groups is 1. The van der Waals surface area contributed by atoms with E-state index in [1.807, 2.05) is 33.3 Å². The Hall–Kier alpha value is -3.07. The predicted octanol–water partition coefficient (Wildman–Crippen LogP) is 17.8. The quantitative estimate of drug-likeness (QED) is 0.0212. The number of nitrogens with zero attached hydrogens (tertiary/aromatic N) is 1. The van der Waals surface area contributed by atoms with Gasteiger partial charge in [0.15, 0.2) is 0 Å². The number of allylic oxidation sites excluding steroid dienone is 15. The van der Waals surface area contributed by atoms with Crippen LogP contribution in [-0.2, 0) is 27.9 Å². The van der Waals surface area contributed by atoms with E-state index in [2.05, 4.69) is 111 Å². The van der Waals surface area contributed by atoms with Crippen molar-refractivity contribution in [1.82, 2.24) is 5.32 Å². The van der Waals surface area contributed by atoms with E-state index in [9.17, 15) is 19.0 Å². The van der Waals surface area contributed by atoms with E-state index >= 15 is 0 Å². The molecule has 0 aromatic heterocycles. The van der Waals surface area contributed by atoms with Crippen molar-refractivity contribution in [3.8, 4) is 0 Å². The second-order valence-electron chi connectivity index (χ2n) is 21.1. The molecular formula is C64H113N2O7P. The molecule has 426 valence electrons. The highest BCUT2D eigenvalue weighted by Gasteiger charge is 2.27. The van der Waals surface area contributed by atoms with E-state index in [1.54, 1.807) is 0 Å². The Kier molecular flexibility index (Phi) is 51.1. The molecule has 9 nitrogen and oxygen atoms in total. The molecule has 0 aliphatic heterocycles. The second-order valence-corrected chi connectivity index (χ2v) is 22.5. The Morgan fingerprint density at radius 2 is 0.865 bits per heavy atom. The first kappa shape index (κ1) is 70.9. The maximum absolute atomic E-state index is 13.5. The fourth-order valence-electron chi connectivity index (χ4n) is 8.11. The molecule has 74 heavy (non-hydrogen) atoms. The number of phosphoric acid groups is 1. The zero-order valence-electron chi connectivity index (χ0n) is 48.5. The number of rotatable bonds is 53. The van der Waals surface area contributed by atoms with Crippen molar-refractivity contribution in [2.24, 2.45) is 0 Å². The molecule has 0 aliphatic rings. The maximum Gasteiger partial charge on any atom is 0.306 e. The third-order valence-corrected chi connectivity index (χ3v) is 13.7. The number of ether oxygens (including phenoxy) is 1. The van der Waals surface area contributed by atoms with E-state index < -0.39 is 26.6 Å². The van der Waals surface area contributed by atoms with Crippen molar-refractivity contribution >= 4 is 19.7 Å². The van der Waals surface area contributed by atoms with Gasteiger partial charge in [-0.2, -0.15) is 0 Å². The molecule has 0 saturated heterocycles. The molecule has 0 rings (SSSR count). The van der Waals surface area contributed by atoms with Crippen LogP contribution < -0.4 is 10.2 Å². The van der Waals surface area contributed by atoms with Crippen molar-refractivity contribution in [3.63, 3.8) is 0 Å². The van der Waals surface area contributed by atoms with Crippen LogP contribution in [0.3, 0.4) is 0 Å². The number of hydrogen-bond donors (Lipinski definition) is 1. The number of carbonyl (C=O) groups is 2. The van der Waals surface area contributed by atoms with E-state index in [0.29, 0.717) is 23.9 Å². The summed E-state index contributed by atoms with van der Waals surface area (Å²) in [4.78, 5) is 39.9. The van der Waals surface area contributed by atoms with E-state index in [0.717, 1.165) is 103 Å². The third kappa shape index (κ3) is 53.7. The topological polar surface area (TPSA) is 114 Å². The fraction of sp³-hybridized carbons (Fsp3) is 0.719. The van der Waals surface area contributed by atoms with Gasteiger partial charge in [0, 0.05) is 12.8 Å². The Balaban J connectivity index is 5.38. The monoisotopic (exact) mass is 1050 g/mol. The number of unbranched alkanes of at least 4 members (excludes halogenated alkanes) is 23. The lowest BCUT2D eigenvalue weighted by molar-refractivity contribution is -0.870. The molecule has 0 aromatic carbocycles. The van der Waals surface area contributed by atoms with Crippen molar-refractivity contribution in [2.45, 2.75) is 258 Å². The van der Waals surface area contributed by atoms with Gasteiger partial charge in [-0.3, -0.25) is 14.2 Å². The van der Waals surface area contributed by atoms with E-state index in [-0.39, 0.29) is 31.3 Å². The van der Waals surface area contributed by atoms with Gasteiger partial charge in [-0.25, -0.2) is 0 Å². The molecule has 10 heteroatoms. The maximum atomic E-state index is 13.5. The molecule has 3 unspecified atom stereocenters. The molecule has 0 fully saturated rings. The molecule has 1 amide bonds. The summed E-state index contributed by atoms with van der Waals surface area (Å²) < 4.78 is 30.3. The van der Waals surface area contributed by atoms with E-state index in [1.165, 1.54) is 96.3 Å². The van der Waals surface area contributed by atoms with Crippen LogP contribution in [0.15, 0.2) is 97.2 Å². The van der Waals surface area contributed by atoms with Gasteiger partial charge in [-0.1, -0.05) is 221 Å². The molecular weight excluding hydrogens is 940 g/mol. The highest BCUT2D eigenvalue weighted by atomic mass is 31.2. The minimum absolute atomic E-state index is 0.0349. The van der Waals surface area contributed by atoms with Crippen molar-refractivity contribution in [3.05, 3.63) is 97.2 Å². The van der Waals surface area contributed by atoms with Crippen molar-refractivity contribution in [1.29, 1.82) is 0 Å². The van der Waals surface area contributed by atoms with Gasteiger partial charge >= 0.3 is 5.97 Å². The number of quaternary nitrogens is 1. The second kappa shape index (κ2) is 53.3. The summed E-state index contributed by atoms with van der Waals surface area (Å²) >= 11 is 0. The summed E-state index contributed by atoms with van der Waals surface area (Å²) in [5.74, 6) is -0.592. The SMILES string of the molecule is CC/C=C\C/C=C\C/C=C\C/C=C\C/C=C\CCCCCC(=O)NC(COP(=O)([O-])OCC[N+](C)(C)C)C(/C=C/CCCCCCCCCCCC)OC(=O)CCCCCCCCC/C=C\C/C=C\CCCCC. The molecule has 0 radical (unpaired) electrons. The van der Waals surface area contributed by atoms with E-state index in [4.69, 9.17) is 13.8 Å². The van der Waals surface area contributed by atoms with Gasteiger partial charge in [0.25, 0.3) is 7.82 Å².